The van der Waals surface area contributed by atoms with Crippen LogP contribution in [0, 0.1) is 27.7 Å². The summed E-state index contributed by atoms with van der Waals surface area (Å²) in [4.78, 5) is 38.7. The first kappa shape index (κ1) is 19.1. The Morgan fingerprint density at radius 2 is 1.59 bits per heavy atom. The highest BCUT2D eigenvalue weighted by atomic mass is 16.4. The van der Waals surface area contributed by atoms with E-state index in [4.69, 9.17) is 8.83 Å². The molecule has 1 aliphatic rings. The van der Waals surface area contributed by atoms with E-state index in [2.05, 4.69) is 0 Å². The van der Waals surface area contributed by atoms with Gasteiger partial charge in [0.2, 0.25) is 0 Å². The van der Waals surface area contributed by atoms with Crippen LogP contribution in [0.2, 0.25) is 0 Å². The molecule has 144 valence electrons. The molecule has 0 fully saturated rings. The molecule has 1 aliphatic carbocycles. The van der Waals surface area contributed by atoms with Crippen LogP contribution in [0.3, 0.4) is 0 Å². The van der Waals surface area contributed by atoms with Crippen molar-refractivity contribution in [2.24, 2.45) is 0 Å². The van der Waals surface area contributed by atoms with Crippen molar-refractivity contribution >= 4 is 5.78 Å². The van der Waals surface area contributed by atoms with Gasteiger partial charge in [-0.3, -0.25) is 9.59 Å². The van der Waals surface area contributed by atoms with E-state index in [1.807, 2.05) is 6.92 Å². The molecule has 2 aromatic heterocycles. The van der Waals surface area contributed by atoms with Gasteiger partial charge in [0, 0.05) is 29.0 Å². The lowest BCUT2D eigenvalue weighted by atomic mass is 9.67. The summed E-state index contributed by atoms with van der Waals surface area (Å²) in [7, 11) is 0. The number of Topliss-reactive ketones (excluding diaryl/α,β-unsaturated/α-hetero) is 1. The van der Waals surface area contributed by atoms with Crippen LogP contribution in [0.15, 0.2) is 18.4 Å². The van der Waals surface area contributed by atoms with E-state index in [1.54, 1.807) is 34.6 Å². The molecule has 2 atom stereocenters. The van der Waals surface area contributed by atoms with E-state index in [0.717, 1.165) is 0 Å². The Bertz CT molecular complexity index is 1070. The van der Waals surface area contributed by atoms with Crippen LogP contribution in [0.4, 0.5) is 0 Å². The minimum atomic E-state index is -0.945. The van der Waals surface area contributed by atoms with Gasteiger partial charge >= 0.3 is 5.63 Å². The first-order valence-electron chi connectivity index (χ1n) is 9.05. The van der Waals surface area contributed by atoms with E-state index >= 15 is 0 Å². The average molecular weight is 372 g/mol. The molecule has 0 radical (unpaired) electrons. The summed E-state index contributed by atoms with van der Waals surface area (Å²) < 4.78 is 11.2. The van der Waals surface area contributed by atoms with Gasteiger partial charge in [-0.2, -0.15) is 0 Å². The number of aromatic hydroxyl groups is 1. The summed E-state index contributed by atoms with van der Waals surface area (Å²) in [5, 5.41) is 10.6. The number of fused-ring (bicyclic) bond motifs is 1. The zero-order valence-electron chi connectivity index (χ0n) is 16.5. The van der Waals surface area contributed by atoms with E-state index in [1.165, 1.54) is 0 Å². The van der Waals surface area contributed by atoms with Crippen LogP contribution < -0.4 is 11.1 Å². The van der Waals surface area contributed by atoms with Crippen molar-refractivity contribution in [2.45, 2.75) is 65.7 Å². The number of hydrogen-bond acceptors (Lipinski definition) is 6. The summed E-state index contributed by atoms with van der Waals surface area (Å²) in [5.74, 6) is -0.219. The summed E-state index contributed by atoms with van der Waals surface area (Å²) in [6.07, 6.45) is 0.399. The normalized spacial score (nSPS) is 22.0. The van der Waals surface area contributed by atoms with Crippen LogP contribution in [0.1, 0.15) is 72.1 Å². The Morgan fingerprint density at radius 1 is 1.00 bits per heavy atom. The maximum atomic E-state index is 13.1. The monoisotopic (exact) mass is 372 g/mol. The Morgan fingerprint density at radius 3 is 2.19 bits per heavy atom. The van der Waals surface area contributed by atoms with Crippen molar-refractivity contribution in [3.05, 3.63) is 60.2 Å². The first-order valence-corrected chi connectivity index (χ1v) is 9.05. The molecule has 1 N–H and O–H groups in total. The summed E-state index contributed by atoms with van der Waals surface area (Å²) in [6, 6.07) is 0. The van der Waals surface area contributed by atoms with Crippen LogP contribution in [0.25, 0.3) is 0 Å². The molecule has 2 aromatic rings. The molecule has 0 unspecified atom stereocenters. The maximum Gasteiger partial charge on any atom is 0.343 e. The van der Waals surface area contributed by atoms with Crippen molar-refractivity contribution in [3.8, 4) is 5.75 Å². The highest BCUT2D eigenvalue weighted by Crippen LogP contribution is 2.45. The van der Waals surface area contributed by atoms with Crippen molar-refractivity contribution in [2.75, 3.05) is 0 Å². The third-order valence-corrected chi connectivity index (χ3v) is 6.13. The Kier molecular flexibility index (Phi) is 4.41. The van der Waals surface area contributed by atoms with E-state index in [0.29, 0.717) is 29.1 Å². The van der Waals surface area contributed by atoms with Crippen molar-refractivity contribution in [1.29, 1.82) is 0 Å². The third kappa shape index (κ3) is 2.58. The number of aryl methyl sites for hydroxylation is 2. The van der Waals surface area contributed by atoms with Gasteiger partial charge in [-0.25, -0.2) is 4.79 Å². The van der Waals surface area contributed by atoms with E-state index < -0.39 is 17.0 Å². The number of ketones is 1. The van der Waals surface area contributed by atoms with Crippen LogP contribution in [-0.4, -0.2) is 10.9 Å². The summed E-state index contributed by atoms with van der Waals surface area (Å²) >= 11 is 0. The smallest absolute Gasteiger partial charge is 0.343 e. The molecule has 0 aromatic carbocycles. The molecule has 0 amide bonds. The molecular weight excluding hydrogens is 348 g/mol. The molecule has 6 heteroatoms. The standard InChI is InChI=1S/C21H24O6/c1-7-21(6)14(22)8-13(15-17(23)9(2)11(4)26-19(15)21)16-18(24)10(3)12(5)27-20(16)25/h13,24H,7-8H2,1-6H3/t13-,21-/m0/s1. The fraction of sp³-hybridized carbons (Fsp3) is 0.476. The molecule has 0 spiro atoms. The molecule has 0 bridgehead atoms. The summed E-state index contributed by atoms with van der Waals surface area (Å²) in [6.45, 7) is 10.2. The van der Waals surface area contributed by atoms with E-state index in [-0.39, 0.29) is 40.3 Å². The number of carbonyl (C=O) groups excluding carboxylic acids is 1. The van der Waals surface area contributed by atoms with Crippen LogP contribution in [0.5, 0.6) is 5.75 Å². The van der Waals surface area contributed by atoms with E-state index in [9.17, 15) is 19.5 Å². The van der Waals surface area contributed by atoms with Gasteiger partial charge in [0.05, 0.1) is 11.0 Å². The van der Waals surface area contributed by atoms with Gasteiger partial charge in [-0.05, 0) is 41.0 Å². The lowest BCUT2D eigenvalue weighted by molar-refractivity contribution is -0.125. The van der Waals surface area contributed by atoms with Crippen molar-refractivity contribution in [3.63, 3.8) is 0 Å². The molecular formula is C21H24O6. The van der Waals surface area contributed by atoms with Crippen LogP contribution >= 0.6 is 0 Å². The van der Waals surface area contributed by atoms with Gasteiger partial charge in [-0.15, -0.1) is 0 Å². The maximum absolute atomic E-state index is 13.1. The predicted molar refractivity (Wildman–Crippen MR) is 99.7 cm³/mol. The minimum absolute atomic E-state index is 0.0543. The van der Waals surface area contributed by atoms with Crippen molar-refractivity contribution < 1.29 is 18.7 Å². The van der Waals surface area contributed by atoms with Crippen molar-refractivity contribution in [1.82, 2.24) is 0 Å². The summed E-state index contributed by atoms with van der Waals surface area (Å²) in [5.41, 5.74) is -0.886. The fourth-order valence-electron chi connectivity index (χ4n) is 3.76. The molecule has 0 aliphatic heterocycles. The van der Waals surface area contributed by atoms with Crippen LogP contribution in [-0.2, 0) is 10.2 Å². The first-order chi connectivity index (χ1) is 12.5. The third-order valence-electron chi connectivity index (χ3n) is 6.13. The fourth-order valence-corrected chi connectivity index (χ4v) is 3.76. The topological polar surface area (TPSA) is 97.7 Å². The second-order valence-electron chi connectivity index (χ2n) is 7.55. The molecule has 2 heterocycles. The van der Waals surface area contributed by atoms with Gasteiger partial charge in [0.25, 0.3) is 0 Å². The van der Waals surface area contributed by atoms with Gasteiger partial charge in [-0.1, -0.05) is 6.92 Å². The minimum Gasteiger partial charge on any atom is -0.507 e. The second-order valence-corrected chi connectivity index (χ2v) is 7.55. The molecule has 3 rings (SSSR count). The molecule has 0 saturated carbocycles. The van der Waals surface area contributed by atoms with Gasteiger partial charge < -0.3 is 13.9 Å². The van der Waals surface area contributed by atoms with Gasteiger partial charge in [0.15, 0.2) is 5.43 Å². The zero-order chi connectivity index (χ0) is 20.3. The average Bonchev–Trinajstić information content (AvgIpc) is 2.61. The second kappa shape index (κ2) is 6.22. The SMILES string of the molecule is CC[C@@]1(C)C(=O)C[C@H](c2c(O)c(C)c(C)oc2=O)c2c1oc(C)c(C)c2=O. The zero-order valence-corrected chi connectivity index (χ0v) is 16.5. The molecule has 0 saturated heterocycles. The lowest BCUT2D eigenvalue weighted by Crippen LogP contribution is -2.42. The highest BCUT2D eigenvalue weighted by molar-refractivity contribution is 5.92. The Labute approximate surface area is 156 Å². The predicted octanol–water partition coefficient (Wildman–Crippen LogP) is 3.30. The molecule has 27 heavy (non-hydrogen) atoms. The largest absolute Gasteiger partial charge is 0.507 e. The quantitative estimate of drug-likeness (QED) is 0.868. The number of hydrogen-bond donors (Lipinski definition) is 1. The lowest BCUT2D eigenvalue weighted by Gasteiger charge is -2.36. The Hall–Kier alpha value is -2.63. The number of rotatable bonds is 2. The Balaban J connectivity index is 2.44. The van der Waals surface area contributed by atoms with Gasteiger partial charge in [0.1, 0.15) is 28.8 Å². The molecule has 6 nitrogen and oxygen atoms in total. The number of carbonyl (C=O) groups is 1. The highest BCUT2D eigenvalue weighted by Gasteiger charge is 2.48.